The number of fused-ring (bicyclic) bond motifs is 1. The van der Waals surface area contributed by atoms with Crippen molar-refractivity contribution in [1.82, 2.24) is 5.43 Å². The molecule has 0 spiro atoms. The van der Waals surface area contributed by atoms with Crippen LogP contribution in [0.15, 0.2) is 76.3 Å². The third-order valence-electron chi connectivity index (χ3n) is 3.66. The number of hydrogen-bond donors (Lipinski definition) is 1. The smallest absolute Gasteiger partial charge is 0.250 e. The molecule has 0 fully saturated rings. The lowest BCUT2D eigenvalue weighted by Gasteiger charge is -2.04. The lowest BCUT2D eigenvalue weighted by molar-refractivity contribution is -0.118. The molecule has 0 aliphatic heterocycles. The van der Waals surface area contributed by atoms with Crippen LogP contribution in [-0.2, 0) is 10.5 Å². The van der Waals surface area contributed by atoms with E-state index in [-0.39, 0.29) is 5.91 Å². The van der Waals surface area contributed by atoms with E-state index in [4.69, 9.17) is 0 Å². The summed E-state index contributed by atoms with van der Waals surface area (Å²) in [6.07, 6.45) is 1.69. The fourth-order valence-corrected chi connectivity index (χ4v) is 3.87. The SMILES string of the molecule is O=C(CSCc1ccccc1Br)N/N=C/c1cccc2ccccc12. The summed E-state index contributed by atoms with van der Waals surface area (Å²) < 4.78 is 1.07. The number of halogens is 1. The van der Waals surface area contributed by atoms with Crippen LogP contribution in [0.4, 0.5) is 0 Å². The molecule has 3 aromatic carbocycles. The van der Waals surface area contributed by atoms with Crippen LogP contribution in [-0.4, -0.2) is 17.9 Å². The molecule has 0 bridgehead atoms. The molecule has 0 saturated heterocycles. The molecular weight excluding hydrogens is 396 g/mol. The van der Waals surface area contributed by atoms with Crippen molar-refractivity contribution in [2.45, 2.75) is 5.75 Å². The maximum Gasteiger partial charge on any atom is 0.250 e. The van der Waals surface area contributed by atoms with Crippen molar-refractivity contribution < 1.29 is 4.79 Å². The summed E-state index contributed by atoms with van der Waals surface area (Å²) in [4.78, 5) is 11.9. The number of benzene rings is 3. The van der Waals surface area contributed by atoms with Gasteiger partial charge in [-0.3, -0.25) is 4.79 Å². The van der Waals surface area contributed by atoms with E-state index in [1.165, 1.54) is 5.56 Å². The summed E-state index contributed by atoms with van der Waals surface area (Å²) >= 11 is 5.08. The first-order chi connectivity index (χ1) is 12.2. The monoisotopic (exact) mass is 412 g/mol. The Morgan fingerprint density at radius 2 is 1.80 bits per heavy atom. The zero-order valence-corrected chi connectivity index (χ0v) is 15.9. The summed E-state index contributed by atoms with van der Waals surface area (Å²) in [5.74, 6) is 1.05. The molecule has 0 aliphatic carbocycles. The van der Waals surface area contributed by atoms with Crippen LogP contribution in [0.3, 0.4) is 0 Å². The van der Waals surface area contributed by atoms with Gasteiger partial charge >= 0.3 is 0 Å². The second-order valence-corrected chi connectivity index (χ2v) is 7.29. The topological polar surface area (TPSA) is 41.5 Å². The average Bonchev–Trinajstić information content (AvgIpc) is 2.63. The normalized spacial score (nSPS) is 11.1. The van der Waals surface area contributed by atoms with Crippen LogP contribution >= 0.6 is 27.7 Å². The van der Waals surface area contributed by atoms with Crippen LogP contribution in [0.2, 0.25) is 0 Å². The molecule has 0 unspecified atom stereocenters. The van der Waals surface area contributed by atoms with Gasteiger partial charge < -0.3 is 0 Å². The maximum absolute atomic E-state index is 11.9. The van der Waals surface area contributed by atoms with E-state index in [1.54, 1.807) is 18.0 Å². The molecule has 5 heteroatoms. The molecular formula is C20H17BrN2OS. The van der Waals surface area contributed by atoms with E-state index in [2.05, 4.69) is 38.6 Å². The molecule has 0 aliphatic rings. The highest BCUT2D eigenvalue weighted by Crippen LogP contribution is 2.21. The summed E-state index contributed by atoms with van der Waals surface area (Å²) in [6.45, 7) is 0. The van der Waals surface area contributed by atoms with E-state index in [0.717, 1.165) is 26.6 Å². The van der Waals surface area contributed by atoms with Gasteiger partial charge in [0.1, 0.15) is 0 Å². The van der Waals surface area contributed by atoms with Gasteiger partial charge in [0.05, 0.1) is 12.0 Å². The number of carbonyl (C=O) groups is 1. The molecule has 0 aromatic heterocycles. The third-order valence-corrected chi connectivity index (χ3v) is 5.42. The van der Waals surface area contributed by atoms with Crippen LogP contribution in [0.5, 0.6) is 0 Å². The van der Waals surface area contributed by atoms with Gasteiger partial charge in [-0.25, -0.2) is 5.43 Å². The number of nitrogens with one attached hydrogen (secondary N) is 1. The number of thioether (sulfide) groups is 1. The Balaban J connectivity index is 1.52. The minimum atomic E-state index is -0.103. The van der Waals surface area contributed by atoms with Gasteiger partial charge in [-0.1, -0.05) is 76.6 Å². The van der Waals surface area contributed by atoms with Gasteiger partial charge in [-0.2, -0.15) is 5.10 Å². The second-order valence-electron chi connectivity index (χ2n) is 5.45. The largest absolute Gasteiger partial charge is 0.272 e. The molecule has 3 rings (SSSR count). The van der Waals surface area contributed by atoms with Gasteiger partial charge in [0.15, 0.2) is 0 Å². The molecule has 126 valence electrons. The molecule has 1 amide bonds. The number of hydrazone groups is 1. The zero-order chi connectivity index (χ0) is 17.5. The summed E-state index contributed by atoms with van der Waals surface area (Å²) in [6, 6.07) is 22.2. The molecule has 25 heavy (non-hydrogen) atoms. The average molecular weight is 413 g/mol. The van der Waals surface area contributed by atoms with Crippen molar-refractivity contribution in [3.63, 3.8) is 0 Å². The van der Waals surface area contributed by atoms with E-state index in [0.29, 0.717) is 5.75 Å². The molecule has 0 saturated carbocycles. The highest BCUT2D eigenvalue weighted by atomic mass is 79.9. The lowest BCUT2D eigenvalue weighted by atomic mass is 10.1. The van der Waals surface area contributed by atoms with Crippen molar-refractivity contribution in [3.8, 4) is 0 Å². The summed E-state index contributed by atoms with van der Waals surface area (Å²) in [5, 5.41) is 6.36. The van der Waals surface area contributed by atoms with E-state index in [9.17, 15) is 4.79 Å². The Morgan fingerprint density at radius 3 is 2.68 bits per heavy atom. The fraction of sp³-hybridized carbons (Fsp3) is 0.100. The predicted molar refractivity (Wildman–Crippen MR) is 110 cm³/mol. The van der Waals surface area contributed by atoms with Crippen LogP contribution in [0.1, 0.15) is 11.1 Å². The number of nitrogens with zero attached hydrogens (tertiary/aromatic N) is 1. The van der Waals surface area contributed by atoms with E-state index < -0.39 is 0 Å². The molecule has 0 radical (unpaired) electrons. The zero-order valence-electron chi connectivity index (χ0n) is 13.5. The molecule has 0 atom stereocenters. The summed E-state index contributed by atoms with van der Waals surface area (Å²) in [7, 11) is 0. The Labute approximate surface area is 159 Å². The van der Waals surface area contributed by atoms with Gasteiger partial charge in [0.2, 0.25) is 5.91 Å². The van der Waals surface area contributed by atoms with E-state index >= 15 is 0 Å². The highest BCUT2D eigenvalue weighted by Gasteiger charge is 2.03. The van der Waals surface area contributed by atoms with Crippen molar-refractivity contribution in [1.29, 1.82) is 0 Å². The standard InChI is InChI=1S/C20H17BrN2OS/c21-19-11-4-2-7-17(19)13-25-14-20(24)23-22-12-16-9-5-8-15-6-1-3-10-18(15)16/h1-12H,13-14H2,(H,23,24)/b22-12+. The first-order valence-corrected chi connectivity index (χ1v) is 9.79. The first kappa shape index (κ1) is 17.7. The first-order valence-electron chi connectivity index (χ1n) is 7.85. The molecule has 3 aromatic rings. The van der Waals surface area contributed by atoms with Crippen molar-refractivity contribution in [2.24, 2.45) is 5.10 Å². The predicted octanol–water partition coefficient (Wildman–Crippen LogP) is 4.99. The number of hydrogen-bond acceptors (Lipinski definition) is 3. The minimum absolute atomic E-state index is 0.103. The minimum Gasteiger partial charge on any atom is -0.272 e. The van der Waals surface area contributed by atoms with Gasteiger partial charge in [-0.15, -0.1) is 11.8 Å². The van der Waals surface area contributed by atoms with Crippen molar-refractivity contribution in [2.75, 3.05) is 5.75 Å². The molecule has 0 heterocycles. The molecule has 1 N–H and O–H groups in total. The number of rotatable bonds is 6. The van der Waals surface area contributed by atoms with Crippen LogP contribution in [0.25, 0.3) is 10.8 Å². The Kier molecular flexibility index (Phi) is 6.25. The Bertz CT molecular complexity index is 906. The quantitative estimate of drug-likeness (QED) is 0.457. The third kappa shape index (κ3) is 4.94. The fourth-order valence-electron chi connectivity index (χ4n) is 2.44. The maximum atomic E-state index is 11.9. The lowest BCUT2D eigenvalue weighted by Crippen LogP contribution is -2.19. The second kappa shape index (κ2) is 8.83. The van der Waals surface area contributed by atoms with E-state index in [1.807, 2.05) is 54.6 Å². The van der Waals surface area contributed by atoms with Gasteiger partial charge in [-0.05, 0) is 22.4 Å². The van der Waals surface area contributed by atoms with Crippen LogP contribution in [0, 0.1) is 0 Å². The Hall–Kier alpha value is -2.11. The van der Waals surface area contributed by atoms with Crippen molar-refractivity contribution >= 4 is 50.6 Å². The van der Waals surface area contributed by atoms with Crippen molar-refractivity contribution in [3.05, 3.63) is 82.3 Å². The Morgan fingerprint density at radius 1 is 1.04 bits per heavy atom. The number of amides is 1. The van der Waals surface area contributed by atoms with Gasteiger partial charge in [0, 0.05) is 15.8 Å². The van der Waals surface area contributed by atoms with Gasteiger partial charge in [0.25, 0.3) is 0 Å². The van der Waals surface area contributed by atoms with Crippen LogP contribution < -0.4 is 5.43 Å². The highest BCUT2D eigenvalue weighted by molar-refractivity contribution is 9.10. The molecule has 3 nitrogen and oxygen atoms in total. The summed E-state index contributed by atoms with van der Waals surface area (Å²) in [5.41, 5.74) is 4.76. The number of carbonyl (C=O) groups excluding carboxylic acids is 1.